The predicted molar refractivity (Wildman–Crippen MR) is 54.3 cm³/mol. The van der Waals surface area contributed by atoms with E-state index in [0.29, 0.717) is 0 Å². The third-order valence-electron chi connectivity index (χ3n) is 2.44. The fourth-order valence-corrected chi connectivity index (χ4v) is 1.77. The van der Waals surface area contributed by atoms with Crippen LogP contribution in [0.25, 0.3) is 0 Å². The SMILES string of the molecule is COC1C(O)C=CC(NC(C)=O)C1OC. The molecule has 0 aromatic carbocycles. The summed E-state index contributed by atoms with van der Waals surface area (Å²) in [6.45, 7) is 1.44. The van der Waals surface area contributed by atoms with Crippen LogP contribution in [0.3, 0.4) is 0 Å². The van der Waals surface area contributed by atoms with Gasteiger partial charge in [0, 0.05) is 21.1 Å². The Kier molecular flexibility index (Phi) is 4.26. The molecule has 0 aliphatic heterocycles. The molecule has 0 fully saturated rings. The van der Waals surface area contributed by atoms with Crippen molar-refractivity contribution in [3.63, 3.8) is 0 Å². The molecular weight excluding hydrogens is 198 g/mol. The highest BCUT2D eigenvalue weighted by molar-refractivity contribution is 5.73. The van der Waals surface area contributed by atoms with Crippen LogP contribution in [0.5, 0.6) is 0 Å². The zero-order valence-corrected chi connectivity index (χ0v) is 9.14. The van der Waals surface area contributed by atoms with Crippen molar-refractivity contribution >= 4 is 5.91 Å². The molecule has 0 saturated carbocycles. The van der Waals surface area contributed by atoms with Crippen LogP contribution in [0.2, 0.25) is 0 Å². The van der Waals surface area contributed by atoms with Gasteiger partial charge < -0.3 is 19.9 Å². The van der Waals surface area contributed by atoms with Gasteiger partial charge in [0.15, 0.2) is 0 Å². The van der Waals surface area contributed by atoms with Gasteiger partial charge in [0.1, 0.15) is 18.3 Å². The summed E-state index contributed by atoms with van der Waals surface area (Å²) in [5.74, 6) is -0.141. The number of nitrogens with one attached hydrogen (secondary N) is 1. The summed E-state index contributed by atoms with van der Waals surface area (Å²) in [5.41, 5.74) is 0. The van der Waals surface area contributed by atoms with E-state index >= 15 is 0 Å². The van der Waals surface area contributed by atoms with Gasteiger partial charge in [-0.05, 0) is 0 Å². The number of aliphatic hydroxyl groups is 1. The lowest BCUT2D eigenvalue weighted by molar-refractivity contribution is -0.124. The molecule has 86 valence electrons. The van der Waals surface area contributed by atoms with E-state index in [1.54, 1.807) is 12.2 Å². The van der Waals surface area contributed by atoms with Gasteiger partial charge in [-0.1, -0.05) is 12.2 Å². The Morgan fingerprint density at radius 2 is 1.87 bits per heavy atom. The zero-order chi connectivity index (χ0) is 11.4. The van der Waals surface area contributed by atoms with E-state index in [9.17, 15) is 9.90 Å². The molecular formula is C10H17NO4. The molecule has 0 aromatic heterocycles. The van der Waals surface area contributed by atoms with Gasteiger partial charge in [0.2, 0.25) is 5.91 Å². The van der Waals surface area contributed by atoms with Gasteiger partial charge in [0.25, 0.3) is 0 Å². The molecule has 4 atom stereocenters. The highest BCUT2D eigenvalue weighted by Gasteiger charge is 2.36. The topological polar surface area (TPSA) is 67.8 Å². The minimum atomic E-state index is -0.704. The Labute approximate surface area is 89.1 Å². The molecule has 1 aliphatic carbocycles. The number of ether oxygens (including phenoxy) is 2. The highest BCUT2D eigenvalue weighted by Crippen LogP contribution is 2.18. The van der Waals surface area contributed by atoms with Crippen molar-refractivity contribution in [1.29, 1.82) is 0 Å². The van der Waals surface area contributed by atoms with Crippen molar-refractivity contribution in [2.45, 2.75) is 31.3 Å². The van der Waals surface area contributed by atoms with Crippen LogP contribution in [0.4, 0.5) is 0 Å². The first-order valence-corrected chi connectivity index (χ1v) is 4.79. The molecule has 1 rings (SSSR count). The summed E-state index contributed by atoms with van der Waals surface area (Å²) < 4.78 is 10.4. The van der Waals surface area contributed by atoms with Crippen LogP contribution in [-0.2, 0) is 14.3 Å². The first-order valence-electron chi connectivity index (χ1n) is 4.79. The lowest BCUT2D eigenvalue weighted by Crippen LogP contribution is -2.54. The van der Waals surface area contributed by atoms with Gasteiger partial charge in [-0.3, -0.25) is 4.79 Å². The zero-order valence-electron chi connectivity index (χ0n) is 9.14. The molecule has 15 heavy (non-hydrogen) atoms. The van der Waals surface area contributed by atoms with Crippen molar-refractivity contribution in [2.75, 3.05) is 14.2 Å². The number of carbonyl (C=O) groups excluding carboxylic acids is 1. The smallest absolute Gasteiger partial charge is 0.217 e. The van der Waals surface area contributed by atoms with Crippen LogP contribution in [-0.4, -0.2) is 49.6 Å². The van der Waals surface area contributed by atoms with E-state index in [-0.39, 0.29) is 18.1 Å². The van der Waals surface area contributed by atoms with Gasteiger partial charge in [-0.2, -0.15) is 0 Å². The number of rotatable bonds is 3. The second-order valence-corrected chi connectivity index (χ2v) is 3.50. The van der Waals surface area contributed by atoms with Crippen LogP contribution in [0.1, 0.15) is 6.92 Å². The van der Waals surface area contributed by atoms with Crippen LogP contribution < -0.4 is 5.32 Å². The second kappa shape index (κ2) is 5.25. The number of hydrogen-bond donors (Lipinski definition) is 2. The van der Waals surface area contributed by atoms with Crippen molar-refractivity contribution in [3.05, 3.63) is 12.2 Å². The predicted octanol–water partition coefficient (Wildman–Crippen LogP) is -0.548. The maximum absolute atomic E-state index is 10.9. The maximum atomic E-state index is 10.9. The Morgan fingerprint density at radius 3 is 2.33 bits per heavy atom. The highest BCUT2D eigenvalue weighted by atomic mass is 16.5. The molecule has 1 aliphatic rings. The third-order valence-corrected chi connectivity index (χ3v) is 2.44. The first-order chi connectivity index (χ1) is 7.10. The molecule has 0 heterocycles. The fraction of sp³-hybridized carbons (Fsp3) is 0.700. The molecule has 0 saturated heterocycles. The third kappa shape index (κ3) is 2.77. The fourth-order valence-electron chi connectivity index (χ4n) is 1.77. The maximum Gasteiger partial charge on any atom is 0.217 e. The summed E-state index contributed by atoms with van der Waals surface area (Å²) in [6.07, 6.45) is 1.78. The number of hydrogen-bond acceptors (Lipinski definition) is 4. The van der Waals surface area contributed by atoms with Gasteiger partial charge >= 0.3 is 0 Å². The van der Waals surface area contributed by atoms with E-state index in [1.807, 2.05) is 0 Å². The Balaban J connectivity index is 2.79. The molecule has 5 heteroatoms. The van der Waals surface area contributed by atoms with Gasteiger partial charge in [-0.15, -0.1) is 0 Å². The quantitative estimate of drug-likeness (QED) is 0.620. The van der Waals surface area contributed by atoms with Crippen LogP contribution in [0.15, 0.2) is 12.2 Å². The summed E-state index contributed by atoms with van der Waals surface area (Å²) in [5, 5.41) is 12.3. The van der Waals surface area contributed by atoms with Crippen molar-refractivity contribution < 1.29 is 19.4 Å². The van der Waals surface area contributed by atoms with Crippen molar-refractivity contribution in [1.82, 2.24) is 5.32 Å². The molecule has 1 amide bonds. The van der Waals surface area contributed by atoms with E-state index in [2.05, 4.69) is 5.32 Å². The molecule has 0 spiro atoms. The summed E-state index contributed by atoms with van der Waals surface area (Å²) in [6, 6.07) is -0.263. The van der Waals surface area contributed by atoms with Gasteiger partial charge in [-0.25, -0.2) is 0 Å². The molecule has 0 aromatic rings. The molecule has 5 nitrogen and oxygen atoms in total. The van der Waals surface area contributed by atoms with E-state index in [0.717, 1.165) is 0 Å². The number of aliphatic hydroxyl groups excluding tert-OH is 1. The molecule has 0 bridgehead atoms. The Morgan fingerprint density at radius 1 is 1.27 bits per heavy atom. The summed E-state index contributed by atoms with van der Waals surface area (Å²) in [7, 11) is 3.03. The first kappa shape index (κ1) is 12.2. The normalized spacial score (nSPS) is 35.2. The average Bonchev–Trinajstić information content (AvgIpc) is 2.19. The molecule has 2 N–H and O–H groups in total. The molecule has 0 radical (unpaired) electrons. The minimum Gasteiger partial charge on any atom is -0.386 e. The monoisotopic (exact) mass is 215 g/mol. The lowest BCUT2D eigenvalue weighted by Gasteiger charge is -2.35. The van der Waals surface area contributed by atoms with Crippen molar-refractivity contribution in [2.24, 2.45) is 0 Å². The Hall–Kier alpha value is -0.910. The second-order valence-electron chi connectivity index (χ2n) is 3.50. The van der Waals surface area contributed by atoms with Crippen LogP contribution in [0, 0.1) is 0 Å². The number of methoxy groups -OCH3 is 2. The minimum absolute atomic E-state index is 0.141. The summed E-state index contributed by atoms with van der Waals surface area (Å²) >= 11 is 0. The van der Waals surface area contributed by atoms with E-state index in [4.69, 9.17) is 9.47 Å². The van der Waals surface area contributed by atoms with E-state index < -0.39 is 12.2 Å². The summed E-state index contributed by atoms with van der Waals surface area (Å²) in [4.78, 5) is 10.9. The lowest BCUT2D eigenvalue weighted by atomic mass is 9.94. The Bertz CT molecular complexity index is 254. The molecule has 4 unspecified atom stereocenters. The number of amides is 1. The largest absolute Gasteiger partial charge is 0.386 e. The van der Waals surface area contributed by atoms with E-state index in [1.165, 1.54) is 21.1 Å². The van der Waals surface area contributed by atoms with Gasteiger partial charge in [0.05, 0.1) is 6.04 Å². The van der Waals surface area contributed by atoms with Crippen molar-refractivity contribution in [3.8, 4) is 0 Å². The average molecular weight is 215 g/mol. The standard InChI is InChI=1S/C10H17NO4/c1-6(12)11-7-4-5-8(13)10(15-3)9(7)14-2/h4-5,7-10,13H,1-3H3,(H,11,12). The van der Waals surface area contributed by atoms with Crippen LogP contribution >= 0.6 is 0 Å². The number of carbonyl (C=O) groups is 1.